The Morgan fingerprint density at radius 1 is 1.12 bits per heavy atom. The number of anilines is 2. The molecule has 0 spiro atoms. The second-order valence-electron chi connectivity index (χ2n) is 4.87. The number of nitrogens with one attached hydrogen (secondary N) is 1. The quantitative estimate of drug-likeness (QED) is 0.871. The monoisotopic (exact) mass is 372 g/mol. The van der Waals surface area contributed by atoms with Gasteiger partial charge in [0.05, 0.1) is 16.4 Å². The molecule has 24 heavy (non-hydrogen) atoms. The van der Waals surface area contributed by atoms with Gasteiger partial charge in [0.1, 0.15) is 18.2 Å². The van der Waals surface area contributed by atoms with Crippen LogP contribution in [-0.2, 0) is 9.59 Å². The van der Waals surface area contributed by atoms with Crippen molar-refractivity contribution in [1.29, 1.82) is 0 Å². The molecule has 0 saturated carbocycles. The molecule has 2 amide bonds. The Hall–Kier alpha value is -2.18. The van der Waals surface area contributed by atoms with Crippen LogP contribution in [0.2, 0.25) is 10.0 Å². The average molecular weight is 373 g/mol. The Kier molecular flexibility index (Phi) is 5.75. The molecule has 0 heterocycles. The lowest BCUT2D eigenvalue weighted by Crippen LogP contribution is -2.37. The summed E-state index contributed by atoms with van der Waals surface area (Å²) < 4.78 is 26.8. The molecule has 126 valence electrons. The Balaban J connectivity index is 2.20. The maximum atomic E-state index is 13.9. The van der Waals surface area contributed by atoms with Crippen LogP contribution in [0.3, 0.4) is 0 Å². The number of rotatable bonds is 4. The molecule has 0 atom stereocenters. The molecule has 0 aromatic heterocycles. The molecule has 8 heteroatoms. The highest BCUT2D eigenvalue weighted by Gasteiger charge is 2.20. The fourth-order valence-electron chi connectivity index (χ4n) is 1.99. The first kappa shape index (κ1) is 18.2. The summed E-state index contributed by atoms with van der Waals surface area (Å²) in [5.74, 6) is -2.92. The van der Waals surface area contributed by atoms with Crippen molar-refractivity contribution >= 4 is 46.4 Å². The number of hydrogen-bond donors (Lipinski definition) is 1. The minimum absolute atomic E-state index is 0.198. The van der Waals surface area contributed by atoms with Gasteiger partial charge in [-0.2, -0.15) is 0 Å². The molecule has 0 aliphatic carbocycles. The topological polar surface area (TPSA) is 49.4 Å². The molecule has 2 aromatic rings. The van der Waals surface area contributed by atoms with Crippen molar-refractivity contribution in [3.63, 3.8) is 0 Å². The van der Waals surface area contributed by atoms with Crippen LogP contribution in [0.15, 0.2) is 36.4 Å². The zero-order valence-electron chi connectivity index (χ0n) is 12.4. The molecule has 0 saturated heterocycles. The lowest BCUT2D eigenvalue weighted by molar-refractivity contribution is -0.120. The van der Waals surface area contributed by atoms with Gasteiger partial charge in [-0.1, -0.05) is 23.2 Å². The van der Waals surface area contributed by atoms with E-state index in [1.165, 1.54) is 19.1 Å². The van der Waals surface area contributed by atoms with Gasteiger partial charge in [0, 0.05) is 18.0 Å². The normalized spacial score (nSPS) is 10.4. The van der Waals surface area contributed by atoms with Crippen LogP contribution < -0.4 is 10.2 Å². The van der Waals surface area contributed by atoms with Gasteiger partial charge >= 0.3 is 0 Å². The Morgan fingerprint density at radius 3 is 2.46 bits per heavy atom. The predicted molar refractivity (Wildman–Crippen MR) is 89.5 cm³/mol. The van der Waals surface area contributed by atoms with Gasteiger partial charge in [-0.15, -0.1) is 0 Å². The number of halogens is 4. The third-order valence-corrected chi connectivity index (χ3v) is 3.65. The lowest BCUT2D eigenvalue weighted by Gasteiger charge is -2.21. The minimum Gasteiger partial charge on any atom is -0.323 e. The van der Waals surface area contributed by atoms with Gasteiger partial charge in [-0.3, -0.25) is 9.59 Å². The van der Waals surface area contributed by atoms with E-state index in [9.17, 15) is 18.4 Å². The fraction of sp³-hybridized carbons (Fsp3) is 0.125. The molecule has 0 bridgehead atoms. The molecule has 0 aliphatic heterocycles. The molecule has 0 radical (unpaired) electrons. The second kappa shape index (κ2) is 7.59. The molecular weight excluding hydrogens is 361 g/mol. The van der Waals surface area contributed by atoms with E-state index in [1.54, 1.807) is 6.07 Å². The summed E-state index contributed by atoms with van der Waals surface area (Å²) in [5.41, 5.74) is 0.0634. The average Bonchev–Trinajstić information content (AvgIpc) is 2.49. The second-order valence-corrected chi connectivity index (χ2v) is 5.72. The van der Waals surface area contributed by atoms with Crippen LogP contribution in [0.25, 0.3) is 0 Å². The zero-order valence-corrected chi connectivity index (χ0v) is 14.0. The van der Waals surface area contributed by atoms with E-state index < -0.39 is 30.0 Å². The van der Waals surface area contributed by atoms with Crippen molar-refractivity contribution in [2.24, 2.45) is 0 Å². The highest BCUT2D eigenvalue weighted by molar-refractivity contribution is 6.35. The SMILES string of the molecule is CC(=O)N(CC(=O)Nc1cc(Cl)ccc1Cl)c1ccc(F)cc1F. The molecule has 4 nitrogen and oxygen atoms in total. The first-order chi connectivity index (χ1) is 11.3. The van der Waals surface area contributed by atoms with Crippen molar-refractivity contribution in [2.45, 2.75) is 6.92 Å². The van der Waals surface area contributed by atoms with E-state index >= 15 is 0 Å². The van der Waals surface area contributed by atoms with Gasteiger partial charge in [-0.05, 0) is 30.3 Å². The first-order valence-electron chi connectivity index (χ1n) is 6.76. The predicted octanol–water partition coefficient (Wildman–Crippen LogP) is 4.26. The number of nitrogens with zero attached hydrogens (tertiary/aromatic N) is 1. The molecule has 1 N–H and O–H groups in total. The van der Waals surface area contributed by atoms with Gasteiger partial charge in [0.15, 0.2) is 0 Å². The zero-order chi connectivity index (χ0) is 17.9. The summed E-state index contributed by atoms with van der Waals surface area (Å²) in [6, 6.07) is 7.22. The first-order valence-corrected chi connectivity index (χ1v) is 7.51. The van der Waals surface area contributed by atoms with Crippen LogP contribution >= 0.6 is 23.2 Å². The highest BCUT2D eigenvalue weighted by Crippen LogP contribution is 2.26. The summed E-state index contributed by atoms with van der Waals surface area (Å²) in [7, 11) is 0. The smallest absolute Gasteiger partial charge is 0.244 e. The lowest BCUT2D eigenvalue weighted by atomic mass is 10.2. The molecule has 0 unspecified atom stereocenters. The summed E-state index contributed by atoms with van der Waals surface area (Å²) in [5, 5.41) is 3.11. The molecular formula is C16H12Cl2F2N2O2. The van der Waals surface area contributed by atoms with Crippen LogP contribution in [0.1, 0.15) is 6.92 Å². The molecule has 0 fully saturated rings. The summed E-state index contributed by atoms with van der Waals surface area (Å²) >= 11 is 11.8. The van der Waals surface area contributed by atoms with Gasteiger partial charge < -0.3 is 10.2 Å². The van der Waals surface area contributed by atoms with Gasteiger partial charge in [-0.25, -0.2) is 8.78 Å². The van der Waals surface area contributed by atoms with Crippen LogP contribution in [-0.4, -0.2) is 18.4 Å². The summed E-state index contributed by atoms with van der Waals surface area (Å²) in [6.45, 7) is 0.698. The third kappa shape index (κ3) is 4.43. The fourth-order valence-corrected chi connectivity index (χ4v) is 2.33. The van der Waals surface area contributed by atoms with E-state index in [0.717, 1.165) is 17.0 Å². The van der Waals surface area contributed by atoms with Crippen molar-refractivity contribution in [3.8, 4) is 0 Å². The van der Waals surface area contributed by atoms with Crippen molar-refractivity contribution in [2.75, 3.05) is 16.8 Å². The number of carbonyl (C=O) groups is 2. The maximum Gasteiger partial charge on any atom is 0.244 e. The Labute approximate surface area is 147 Å². The standard InChI is InChI=1S/C16H12Cl2F2N2O2/c1-9(23)22(15-5-3-11(19)7-13(15)20)8-16(24)21-14-6-10(17)2-4-12(14)18/h2-7H,8H2,1H3,(H,21,24). The van der Waals surface area contributed by atoms with Crippen LogP contribution in [0, 0.1) is 11.6 Å². The van der Waals surface area contributed by atoms with Gasteiger partial charge in [0.2, 0.25) is 11.8 Å². The molecule has 2 rings (SSSR count). The number of amides is 2. The molecule has 2 aromatic carbocycles. The van der Waals surface area contributed by atoms with Gasteiger partial charge in [0.25, 0.3) is 0 Å². The minimum atomic E-state index is -0.946. The van der Waals surface area contributed by atoms with Crippen molar-refractivity contribution in [1.82, 2.24) is 0 Å². The van der Waals surface area contributed by atoms with Crippen LogP contribution in [0.4, 0.5) is 20.2 Å². The van der Waals surface area contributed by atoms with Crippen molar-refractivity contribution in [3.05, 3.63) is 58.1 Å². The number of hydrogen-bond acceptors (Lipinski definition) is 2. The Bertz CT molecular complexity index is 800. The van der Waals surface area contributed by atoms with Crippen molar-refractivity contribution < 1.29 is 18.4 Å². The van der Waals surface area contributed by atoms with E-state index in [-0.39, 0.29) is 16.4 Å². The number of benzene rings is 2. The number of carbonyl (C=O) groups excluding carboxylic acids is 2. The molecule has 0 aliphatic rings. The van der Waals surface area contributed by atoms with Crippen LogP contribution in [0.5, 0.6) is 0 Å². The summed E-state index contributed by atoms with van der Waals surface area (Å²) in [6.07, 6.45) is 0. The van der Waals surface area contributed by atoms with E-state index in [0.29, 0.717) is 11.1 Å². The largest absolute Gasteiger partial charge is 0.323 e. The summed E-state index contributed by atoms with van der Waals surface area (Å²) in [4.78, 5) is 24.8. The van der Waals surface area contributed by atoms with E-state index in [4.69, 9.17) is 23.2 Å². The Morgan fingerprint density at radius 2 is 1.83 bits per heavy atom. The third-order valence-electron chi connectivity index (χ3n) is 3.08. The van der Waals surface area contributed by atoms with E-state index in [1.807, 2.05) is 0 Å². The van der Waals surface area contributed by atoms with E-state index in [2.05, 4.69) is 5.32 Å². The maximum absolute atomic E-state index is 13.9. The highest BCUT2D eigenvalue weighted by atomic mass is 35.5.